The summed E-state index contributed by atoms with van der Waals surface area (Å²) < 4.78 is 7.80. The first-order chi connectivity index (χ1) is 8.13. The van der Waals surface area contributed by atoms with E-state index in [1.165, 1.54) is 0 Å². The molecule has 0 aliphatic heterocycles. The molecular formula is C13H15BrN2O. The number of aromatic nitrogens is 2. The number of halogens is 1. The van der Waals surface area contributed by atoms with Crippen molar-refractivity contribution in [3.8, 4) is 11.5 Å². The molecule has 0 saturated heterocycles. The average Bonchev–Trinajstić information content (AvgIpc) is 2.57. The Morgan fingerprint density at radius 3 is 2.59 bits per heavy atom. The molecule has 0 bridgehead atoms. The third-order valence-electron chi connectivity index (χ3n) is 2.77. The predicted molar refractivity (Wildman–Crippen MR) is 71.8 cm³/mol. The van der Waals surface area contributed by atoms with Gasteiger partial charge in [-0.25, -0.2) is 0 Å². The fraction of sp³-hybridized carbons (Fsp3) is 0.308. The highest BCUT2D eigenvalue weighted by molar-refractivity contribution is 9.08. The zero-order valence-corrected chi connectivity index (χ0v) is 11.8. The molecule has 0 fully saturated rings. The van der Waals surface area contributed by atoms with Gasteiger partial charge in [0.05, 0.1) is 5.69 Å². The molecule has 0 N–H and O–H groups in total. The van der Waals surface area contributed by atoms with E-state index in [4.69, 9.17) is 4.74 Å². The summed E-state index contributed by atoms with van der Waals surface area (Å²) >= 11 is 3.46. The summed E-state index contributed by atoms with van der Waals surface area (Å²) in [6.07, 6.45) is 0. The number of nitrogens with zero attached hydrogens (tertiary/aromatic N) is 2. The van der Waals surface area contributed by atoms with Gasteiger partial charge in [0.25, 0.3) is 0 Å². The van der Waals surface area contributed by atoms with Crippen LogP contribution in [0.2, 0.25) is 0 Å². The van der Waals surface area contributed by atoms with Crippen molar-refractivity contribution in [2.24, 2.45) is 7.05 Å². The highest BCUT2D eigenvalue weighted by atomic mass is 79.9. The quantitative estimate of drug-likeness (QED) is 0.807. The zero-order chi connectivity index (χ0) is 12.4. The van der Waals surface area contributed by atoms with Gasteiger partial charge in [0.2, 0.25) is 0 Å². The molecule has 90 valence electrons. The van der Waals surface area contributed by atoms with E-state index in [0.29, 0.717) is 0 Å². The van der Waals surface area contributed by atoms with Crippen LogP contribution in [0.15, 0.2) is 24.3 Å². The minimum atomic E-state index is 0.779. The summed E-state index contributed by atoms with van der Waals surface area (Å²) in [7, 11) is 1.92. The maximum absolute atomic E-state index is 5.97. The van der Waals surface area contributed by atoms with E-state index in [9.17, 15) is 0 Å². The molecule has 2 aromatic rings. The minimum Gasteiger partial charge on any atom is -0.453 e. The summed E-state index contributed by atoms with van der Waals surface area (Å²) in [5.74, 6) is 1.73. The van der Waals surface area contributed by atoms with Gasteiger partial charge in [-0.15, -0.1) is 0 Å². The molecule has 4 heteroatoms. The van der Waals surface area contributed by atoms with Gasteiger partial charge in [0, 0.05) is 17.9 Å². The highest BCUT2D eigenvalue weighted by Crippen LogP contribution is 2.30. The zero-order valence-electron chi connectivity index (χ0n) is 10.2. The van der Waals surface area contributed by atoms with Gasteiger partial charge in [-0.1, -0.05) is 34.1 Å². The van der Waals surface area contributed by atoms with Crippen LogP contribution in [-0.2, 0) is 12.4 Å². The number of benzene rings is 1. The Labute approximate surface area is 110 Å². The fourth-order valence-electron chi connectivity index (χ4n) is 1.73. The van der Waals surface area contributed by atoms with Crippen LogP contribution in [0.5, 0.6) is 11.5 Å². The van der Waals surface area contributed by atoms with Gasteiger partial charge >= 0.3 is 0 Å². The molecule has 0 saturated carbocycles. The van der Waals surface area contributed by atoms with E-state index in [2.05, 4.69) is 21.0 Å². The molecule has 2 rings (SSSR count). The van der Waals surface area contributed by atoms with Crippen LogP contribution in [0.1, 0.15) is 17.0 Å². The lowest BCUT2D eigenvalue weighted by molar-refractivity contribution is 0.470. The van der Waals surface area contributed by atoms with Crippen molar-refractivity contribution in [3.63, 3.8) is 0 Å². The molecule has 17 heavy (non-hydrogen) atoms. The number of alkyl halides is 1. The summed E-state index contributed by atoms with van der Waals surface area (Å²) in [6, 6.07) is 8.00. The Hall–Kier alpha value is -1.29. The van der Waals surface area contributed by atoms with Crippen LogP contribution in [0.25, 0.3) is 0 Å². The number of hydrogen-bond donors (Lipinski definition) is 0. The molecule has 0 unspecified atom stereocenters. The van der Waals surface area contributed by atoms with Crippen LogP contribution < -0.4 is 4.74 Å². The lowest BCUT2D eigenvalue weighted by Gasteiger charge is -2.09. The molecule has 0 radical (unpaired) electrons. The van der Waals surface area contributed by atoms with E-state index in [1.54, 1.807) is 0 Å². The second kappa shape index (κ2) is 4.92. The topological polar surface area (TPSA) is 27.1 Å². The molecule has 0 spiro atoms. The van der Waals surface area contributed by atoms with Crippen molar-refractivity contribution >= 4 is 15.9 Å². The first-order valence-corrected chi connectivity index (χ1v) is 6.57. The Morgan fingerprint density at radius 2 is 2.00 bits per heavy atom. The number of aryl methyl sites for hydroxylation is 2. The maximum atomic E-state index is 5.97. The molecule has 1 aromatic carbocycles. The number of ether oxygens (including phenoxy) is 1. The van der Waals surface area contributed by atoms with E-state index in [0.717, 1.165) is 33.8 Å². The standard InChI is InChI=1S/C13H15BrN2O/c1-9-13(10(2)16(3)15-9)17-12-7-5-4-6-11(12)8-14/h4-7H,8H2,1-3H3. The molecule has 0 aliphatic carbocycles. The molecule has 0 amide bonds. The Balaban J connectivity index is 2.38. The smallest absolute Gasteiger partial charge is 0.171 e. The van der Waals surface area contributed by atoms with Crippen molar-refractivity contribution < 1.29 is 4.74 Å². The number of hydrogen-bond acceptors (Lipinski definition) is 2. The first kappa shape index (κ1) is 12.2. The van der Waals surface area contributed by atoms with Crippen molar-refractivity contribution in [2.75, 3.05) is 0 Å². The largest absolute Gasteiger partial charge is 0.453 e. The summed E-state index contributed by atoms with van der Waals surface area (Å²) in [5, 5.41) is 5.12. The van der Waals surface area contributed by atoms with Crippen LogP contribution in [0, 0.1) is 13.8 Å². The van der Waals surface area contributed by atoms with Gasteiger partial charge in [-0.2, -0.15) is 5.10 Å². The average molecular weight is 295 g/mol. The van der Waals surface area contributed by atoms with Crippen LogP contribution in [0.3, 0.4) is 0 Å². The van der Waals surface area contributed by atoms with Crippen LogP contribution in [0.4, 0.5) is 0 Å². The predicted octanol–water partition coefficient (Wildman–Crippen LogP) is 3.72. The lowest BCUT2D eigenvalue weighted by Crippen LogP contribution is -1.94. The van der Waals surface area contributed by atoms with Gasteiger partial charge in [-0.05, 0) is 19.9 Å². The number of para-hydroxylation sites is 1. The molecule has 0 aliphatic rings. The minimum absolute atomic E-state index is 0.779. The van der Waals surface area contributed by atoms with Crippen molar-refractivity contribution in [1.29, 1.82) is 0 Å². The fourth-order valence-corrected chi connectivity index (χ4v) is 2.19. The monoisotopic (exact) mass is 294 g/mol. The van der Waals surface area contributed by atoms with Gasteiger partial charge in [0.15, 0.2) is 5.75 Å². The normalized spacial score (nSPS) is 10.6. The van der Waals surface area contributed by atoms with Gasteiger partial charge < -0.3 is 4.74 Å². The lowest BCUT2D eigenvalue weighted by atomic mass is 10.2. The highest BCUT2D eigenvalue weighted by Gasteiger charge is 2.12. The molecular weight excluding hydrogens is 280 g/mol. The van der Waals surface area contributed by atoms with Crippen molar-refractivity contribution in [2.45, 2.75) is 19.2 Å². The molecule has 1 aromatic heterocycles. The first-order valence-electron chi connectivity index (χ1n) is 5.45. The van der Waals surface area contributed by atoms with E-state index in [-0.39, 0.29) is 0 Å². The van der Waals surface area contributed by atoms with Gasteiger partial charge in [-0.3, -0.25) is 4.68 Å². The summed E-state index contributed by atoms with van der Waals surface area (Å²) in [6.45, 7) is 3.96. The molecule has 3 nitrogen and oxygen atoms in total. The maximum Gasteiger partial charge on any atom is 0.171 e. The summed E-state index contributed by atoms with van der Waals surface area (Å²) in [4.78, 5) is 0. The third-order valence-corrected chi connectivity index (χ3v) is 3.38. The van der Waals surface area contributed by atoms with Crippen molar-refractivity contribution in [3.05, 3.63) is 41.2 Å². The van der Waals surface area contributed by atoms with Crippen molar-refractivity contribution in [1.82, 2.24) is 9.78 Å². The van der Waals surface area contributed by atoms with E-state index >= 15 is 0 Å². The third kappa shape index (κ3) is 2.36. The molecule has 0 atom stereocenters. The Bertz CT molecular complexity index is 534. The second-order valence-electron chi connectivity index (χ2n) is 3.97. The Kier molecular flexibility index (Phi) is 3.52. The number of rotatable bonds is 3. The van der Waals surface area contributed by atoms with Crippen LogP contribution in [-0.4, -0.2) is 9.78 Å². The SMILES string of the molecule is Cc1nn(C)c(C)c1Oc1ccccc1CBr. The second-order valence-corrected chi connectivity index (χ2v) is 4.53. The van der Waals surface area contributed by atoms with E-state index in [1.807, 2.05) is 49.8 Å². The molecule has 1 heterocycles. The van der Waals surface area contributed by atoms with E-state index < -0.39 is 0 Å². The summed E-state index contributed by atoms with van der Waals surface area (Å²) in [5.41, 5.74) is 3.08. The van der Waals surface area contributed by atoms with Gasteiger partial charge in [0.1, 0.15) is 11.4 Å². The van der Waals surface area contributed by atoms with Crippen LogP contribution >= 0.6 is 15.9 Å². The Morgan fingerprint density at radius 1 is 1.29 bits per heavy atom.